The average Bonchev–Trinajstić information content (AvgIpc) is 3.64. The molecule has 1 unspecified atom stereocenters. The van der Waals surface area contributed by atoms with Gasteiger partial charge in [-0.2, -0.15) is 18.3 Å². The number of rotatable bonds is 6. The van der Waals surface area contributed by atoms with Gasteiger partial charge in [0.25, 0.3) is 0 Å². The summed E-state index contributed by atoms with van der Waals surface area (Å²) >= 11 is 1.29. The zero-order valence-electron chi connectivity index (χ0n) is 20.5. The summed E-state index contributed by atoms with van der Waals surface area (Å²) < 4.78 is 67.9. The van der Waals surface area contributed by atoms with Gasteiger partial charge in [-0.25, -0.2) is 13.8 Å². The minimum Gasteiger partial charge on any atom is -0.387 e. The number of hydrogen-bond donors (Lipinski definition) is 0. The number of hydrogen-bond acceptors (Lipinski definition) is 7. The second-order valence-electron chi connectivity index (χ2n) is 9.35. The summed E-state index contributed by atoms with van der Waals surface area (Å²) in [7, 11) is 0. The van der Waals surface area contributed by atoms with Gasteiger partial charge in [-0.1, -0.05) is 11.2 Å². The van der Waals surface area contributed by atoms with Gasteiger partial charge >= 0.3 is 6.18 Å². The molecule has 0 spiro atoms. The molecule has 0 bridgehead atoms. The van der Waals surface area contributed by atoms with E-state index in [9.17, 15) is 31.5 Å². The molecule has 2 aliphatic rings. The summed E-state index contributed by atoms with van der Waals surface area (Å²) in [5.74, 6) is -2.39. The lowest BCUT2D eigenvalue weighted by Crippen LogP contribution is -2.40. The van der Waals surface area contributed by atoms with Crippen LogP contribution in [-0.4, -0.2) is 50.2 Å². The maximum absolute atomic E-state index is 14.1. The third kappa shape index (κ3) is 5.56. The molecule has 1 atom stereocenters. The summed E-state index contributed by atoms with van der Waals surface area (Å²) in [6.45, 7) is 1.94. The molecule has 39 heavy (non-hydrogen) atoms. The third-order valence-corrected chi connectivity index (χ3v) is 7.77. The van der Waals surface area contributed by atoms with E-state index >= 15 is 0 Å². The van der Waals surface area contributed by atoms with Crippen molar-refractivity contribution in [2.24, 2.45) is 5.16 Å². The highest BCUT2D eigenvalue weighted by Crippen LogP contribution is 2.34. The van der Waals surface area contributed by atoms with Gasteiger partial charge in [-0.3, -0.25) is 14.3 Å². The van der Waals surface area contributed by atoms with Gasteiger partial charge in [-0.15, -0.1) is 11.3 Å². The van der Waals surface area contributed by atoms with E-state index in [-0.39, 0.29) is 47.5 Å². The molecule has 0 radical (unpaired) electrons. The quantitative estimate of drug-likeness (QED) is 0.307. The fourth-order valence-electron chi connectivity index (χ4n) is 4.62. The number of likely N-dealkylation sites (tertiary alicyclic amines) is 1. The smallest absolute Gasteiger partial charge is 0.387 e. The van der Waals surface area contributed by atoms with Gasteiger partial charge in [0.2, 0.25) is 11.7 Å². The van der Waals surface area contributed by atoms with Crippen LogP contribution in [0.1, 0.15) is 63.7 Å². The minimum atomic E-state index is -4.58. The molecule has 5 rings (SSSR count). The zero-order chi connectivity index (χ0) is 27.9. The van der Waals surface area contributed by atoms with Gasteiger partial charge in [-0.05, 0) is 38.0 Å². The number of piperidine rings is 1. The average molecular weight is 568 g/mol. The summed E-state index contributed by atoms with van der Waals surface area (Å²) in [4.78, 5) is 36.8. The second kappa shape index (κ2) is 10.5. The lowest BCUT2D eigenvalue weighted by atomic mass is 9.97. The Morgan fingerprint density at radius 1 is 1.15 bits per heavy atom. The van der Waals surface area contributed by atoms with Crippen molar-refractivity contribution in [3.63, 3.8) is 0 Å². The topological polar surface area (TPSA) is 89.7 Å². The molecule has 1 aromatic carbocycles. The Hall–Kier alpha value is -3.68. The molecule has 4 heterocycles. The molecular weight excluding hydrogens is 545 g/mol. The third-order valence-electron chi connectivity index (χ3n) is 6.76. The molecule has 3 aromatic rings. The molecule has 0 saturated carbocycles. The number of thiazole rings is 1. The van der Waals surface area contributed by atoms with E-state index in [2.05, 4.69) is 15.2 Å². The number of carbonyl (C=O) groups excluding carboxylic acids is 2. The number of nitrogens with zero attached hydrogens (tertiary/aromatic N) is 5. The SMILES string of the molecule is Cc1cc(C(F)(F)F)nn1CC(=O)N1CCC(c2nc(C(=O)C3=NOC(c4c(F)cccc4F)C3)cs2)CC1. The largest absolute Gasteiger partial charge is 0.435 e. The maximum Gasteiger partial charge on any atom is 0.435 e. The number of amides is 1. The van der Waals surface area contributed by atoms with E-state index in [4.69, 9.17) is 4.84 Å². The fraction of sp³-hybridized carbons (Fsp3) is 0.400. The van der Waals surface area contributed by atoms with Crippen LogP contribution < -0.4 is 0 Å². The standard InChI is InChI=1S/C25H22F5N5O3S/c1-13-9-20(25(28,29)30)32-35(13)11-21(36)34-7-5-14(6-8-34)24-31-18(12-39-24)23(37)17-10-19(38-33-17)22-15(26)3-2-4-16(22)27/h2-4,9,12,14,19H,5-8,10-11H2,1H3. The number of Topliss-reactive ketones (excluding diaryl/α,β-unsaturated/α-hetero) is 1. The van der Waals surface area contributed by atoms with E-state index in [1.54, 1.807) is 10.3 Å². The number of aromatic nitrogens is 3. The van der Waals surface area contributed by atoms with Gasteiger partial charge in [0, 0.05) is 36.5 Å². The first-order chi connectivity index (χ1) is 18.5. The van der Waals surface area contributed by atoms with E-state index in [1.165, 1.54) is 24.3 Å². The molecule has 8 nitrogen and oxygen atoms in total. The molecular formula is C25H22F5N5O3S. The predicted octanol–water partition coefficient (Wildman–Crippen LogP) is 5.05. The Balaban J connectivity index is 1.16. The van der Waals surface area contributed by atoms with Crippen molar-refractivity contribution in [1.29, 1.82) is 0 Å². The van der Waals surface area contributed by atoms with Crippen LogP contribution in [0.25, 0.3) is 0 Å². The molecule has 1 amide bonds. The number of benzene rings is 1. The maximum atomic E-state index is 14.1. The number of alkyl halides is 3. The van der Waals surface area contributed by atoms with Crippen LogP contribution in [0.5, 0.6) is 0 Å². The Morgan fingerprint density at radius 3 is 2.49 bits per heavy atom. The Kier molecular flexibility index (Phi) is 7.23. The van der Waals surface area contributed by atoms with E-state index < -0.39 is 35.4 Å². The number of aryl methyl sites for hydroxylation is 1. The van der Waals surface area contributed by atoms with Crippen LogP contribution in [0.15, 0.2) is 34.8 Å². The monoisotopic (exact) mass is 567 g/mol. The Bertz CT molecular complexity index is 1420. The summed E-state index contributed by atoms with van der Waals surface area (Å²) in [6, 6.07) is 4.35. The highest BCUT2D eigenvalue weighted by Gasteiger charge is 2.36. The van der Waals surface area contributed by atoms with E-state index in [1.807, 2.05) is 0 Å². The van der Waals surface area contributed by atoms with Crippen molar-refractivity contribution < 1.29 is 36.4 Å². The first-order valence-electron chi connectivity index (χ1n) is 12.1. The molecule has 2 aliphatic heterocycles. The highest BCUT2D eigenvalue weighted by atomic mass is 32.1. The number of carbonyl (C=O) groups is 2. The van der Waals surface area contributed by atoms with Crippen LogP contribution >= 0.6 is 11.3 Å². The van der Waals surface area contributed by atoms with Crippen molar-refractivity contribution in [3.8, 4) is 0 Å². The van der Waals surface area contributed by atoms with Gasteiger partial charge < -0.3 is 9.74 Å². The molecule has 1 saturated heterocycles. The van der Waals surface area contributed by atoms with Crippen LogP contribution in [0.4, 0.5) is 22.0 Å². The first-order valence-corrected chi connectivity index (χ1v) is 13.0. The minimum absolute atomic E-state index is 0.00843. The number of halogens is 5. The lowest BCUT2D eigenvalue weighted by molar-refractivity contribution is -0.142. The van der Waals surface area contributed by atoms with Crippen LogP contribution in [-0.2, 0) is 22.4 Å². The number of oxime groups is 1. The van der Waals surface area contributed by atoms with Gasteiger partial charge in [0.1, 0.15) is 29.6 Å². The fourth-order valence-corrected chi connectivity index (χ4v) is 5.60. The number of ketones is 1. The molecule has 14 heteroatoms. The predicted molar refractivity (Wildman–Crippen MR) is 129 cm³/mol. The molecule has 1 fully saturated rings. The highest BCUT2D eigenvalue weighted by molar-refractivity contribution is 7.10. The van der Waals surface area contributed by atoms with Crippen LogP contribution in [0.2, 0.25) is 0 Å². The van der Waals surface area contributed by atoms with Crippen molar-refractivity contribution in [2.45, 2.75) is 50.9 Å². The van der Waals surface area contributed by atoms with Crippen molar-refractivity contribution in [1.82, 2.24) is 19.7 Å². The summed E-state index contributed by atoms with van der Waals surface area (Å²) in [5.41, 5.74) is -0.908. The normalized spacial score (nSPS) is 18.3. The molecule has 0 aliphatic carbocycles. The second-order valence-corrected chi connectivity index (χ2v) is 10.2. The van der Waals surface area contributed by atoms with Crippen LogP contribution in [0, 0.1) is 18.6 Å². The van der Waals surface area contributed by atoms with Crippen LogP contribution in [0.3, 0.4) is 0 Å². The molecule has 206 valence electrons. The van der Waals surface area contributed by atoms with Crippen molar-refractivity contribution in [2.75, 3.05) is 13.1 Å². The van der Waals surface area contributed by atoms with E-state index in [0.29, 0.717) is 30.9 Å². The summed E-state index contributed by atoms with van der Waals surface area (Å²) in [5, 5.41) is 9.55. The molecule has 2 aromatic heterocycles. The first kappa shape index (κ1) is 26.9. The Labute approximate surface area is 223 Å². The van der Waals surface area contributed by atoms with Gasteiger partial charge in [0.05, 0.1) is 10.6 Å². The van der Waals surface area contributed by atoms with Crippen molar-refractivity contribution >= 4 is 28.7 Å². The summed E-state index contributed by atoms with van der Waals surface area (Å²) in [6.07, 6.45) is -4.59. The van der Waals surface area contributed by atoms with Crippen molar-refractivity contribution in [3.05, 3.63) is 68.9 Å². The Morgan fingerprint density at radius 2 is 1.85 bits per heavy atom. The van der Waals surface area contributed by atoms with E-state index in [0.717, 1.165) is 22.9 Å². The lowest BCUT2D eigenvalue weighted by Gasteiger charge is -2.31. The zero-order valence-corrected chi connectivity index (χ0v) is 21.4. The van der Waals surface area contributed by atoms with Gasteiger partial charge in [0.15, 0.2) is 11.8 Å². The molecule has 0 N–H and O–H groups in total.